The van der Waals surface area contributed by atoms with Crippen molar-refractivity contribution < 1.29 is 4.21 Å². The molecule has 3 atom stereocenters. The first kappa shape index (κ1) is 14.9. The third kappa shape index (κ3) is 5.80. The maximum atomic E-state index is 11.2. The lowest BCUT2D eigenvalue weighted by Gasteiger charge is -2.16. The van der Waals surface area contributed by atoms with Crippen molar-refractivity contribution in [3.8, 4) is 0 Å². The highest BCUT2D eigenvalue weighted by atomic mass is 79.9. The zero-order valence-corrected chi connectivity index (χ0v) is 13.0. The second-order valence-corrected chi connectivity index (χ2v) is 7.17. The van der Waals surface area contributed by atoms with Gasteiger partial charge < -0.3 is 5.32 Å². The Morgan fingerprint density at radius 2 is 1.88 bits per heavy atom. The van der Waals surface area contributed by atoms with Crippen LogP contribution in [0.3, 0.4) is 0 Å². The maximum absolute atomic E-state index is 11.2. The average Bonchev–Trinajstić information content (AvgIpc) is 2.29. The van der Waals surface area contributed by atoms with E-state index in [4.69, 9.17) is 0 Å². The topological polar surface area (TPSA) is 29.1 Å². The van der Waals surface area contributed by atoms with Crippen LogP contribution < -0.4 is 5.32 Å². The van der Waals surface area contributed by atoms with Crippen LogP contribution in [0.4, 0.5) is 0 Å². The van der Waals surface area contributed by atoms with Gasteiger partial charge in [-0.3, -0.25) is 4.21 Å². The summed E-state index contributed by atoms with van der Waals surface area (Å²) in [5, 5.41) is 3.63. The molecule has 0 saturated heterocycles. The smallest absolute Gasteiger partial charge is 0.0441 e. The Balaban J connectivity index is 2.36. The lowest BCUT2D eigenvalue weighted by atomic mass is 10.1. The maximum Gasteiger partial charge on any atom is 0.0441 e. The quantitative estimate of drug-likeness (QED) is 0.874. The summed E-state index contributed by atoms with van der Waals surface area (Å²) in [6.07, 6.45) is 2.75. The van der Waals surface area contributed by atoms with E-state index in [0.717, 1.165) is 17.4 Å². The fraction of sp³-hybridized carbons (Fsp3) is 0.538. The normalized spacial score (nSPS) is 16.5. The fourth-order valence-corrected chi connectivity index (χ4v) is 2.13. The van der Waals surface area contributed by atoms with Crippen molar-refractivity contribution in [3.63, 3.8) is 0 Å². The molecule has 17 heavy (non-hydrogen) atoms. The summed E-state index contributed by atoms with van der Waals surface area (Å²) in [7, 11) is -0.745. The van der Waals surface area contributed by atoms with Gasteiger partial charge in [0.1, 0.15) is 0 Å². The van der Waals surface area contributed by atoms with E-state index in [1.54, 1.807) is 6.26 Å². The molecule has 0 fully saturated rings. The number of hydrogen-bond donors (Lipinski definition) is 1. The average molecular weight is 318 g/mol. The third-order valence-corrected chi connectivity index (χ3v) is 4.60. The van der Waals surface area contributed by atoms with E-state index in [9.17, 15) is 4.21 Å². The minimum Gasteiger partial charge on any atom is -0.313 e. The highest BCUT2D eigenvalue weighted by Gasteiger charge is 2.08. The molecule has 0 aliphatic rings. The molecule has 0 spiro atoms. The van der Waals surface area contributed by atoms with Gasteiger partial charge in [-0.05, 0) is 38.0 Å². The molecule has 1 aromatic rings. The summed E-state index contributed by atoms with van der Waals surface area (Å²) in [6.45, 7) is 4.98. The first-order chi connectivity index (χ1) is 7.99. The summed E-state index contributed by atoms with van der Waals surface area (Å²) in [6, 6.07) is 8.78. The molecular formula is C13H20BrNOS. The molecule has 4 heteroatoms. The highest BCUT2D eigenvalue weighted by Crippen LogP contribution is 2.11. The van der Waals surface area contributed by atoms with Crippen molar-refractivity contribution in [2.24, 2.45) is 0 Å². The minimum atomic E-state index is -0.745. The van der Waals surface area contributed by atoms with Gasteiger partial charge in [-0.25, -0.2) is 0 Å². The molecule has 1 rings (SSSR count). The van der Waals surface area contributed by atoms with Crippen LogP contribution in [0.15, 0.2) is 28.7 Å². The van der Waals surface area contributed by atoms with Gasteiger partial charge in [0.2, 0.25) is 0 Å². The molecule has 96 valence electrons. The van der Waals surface area contributed by atoms with Crippen LogP contribution in [0, 0.1) is 0 Å². The summed E-state index contributed by atoms with van der Waals surface area (Å²) in [5.74, 6) is 0. The van der Waals surface area contributed by atoms with Crippen LogP contribution in [-0.2, 0) is 17.2 Å². The van der Waals surface area contributed by atoms with Crippen LogP contribution in [0.25, 0.3) is 0 Å². The molecule has 0 saturated carbocycles. The minimum absolute atomic E-state index is 0.211. The fourth-order valence-electron chi connectivity index (χ4n) is 1.53. The Morgan fingerprint density at radius 3 is 2.41 bits per heavy atom. The van der Waals surface area contributed by atoms with E-state index in [1.807, 2.05) is 6.92 Å². The van der Waals surface area contributed by atoms with Crippen LogP contribution in [0.1, 0.15) is 19.4 Å². The Hall–Kier alpha value is -0.190. The monoisotopic (exact) mass is 317 g/mol. The Labute approximate surface area is 115 Å². The molecule has 0 aliphatic carbocycles. The van der Waals surface area contributed by atoms with E-state index in [0.29, 0.717) is 6.04 Å². The summed E-state index contributed by atoms with van der Waals surface area (Å²) in [4.78, 5) is 0. The molecular weight excluding hydrogens is 298 g/mol. The Morgan fingerprint density at radius 1 is 1.29 bits per heavy atom. The second-order valence-electron chi connectivity index (χ2n) is 4.45. The molecule has 0 radical (unpaired) electrons. The highest BCUT2D eigenvalue weighted by molar-refractivity contribution is 9.10. The molecule has 0 aromatic heterocycles. The van der Waals surface area contributed by atoms with E-state index < -0.39 is 10.8 Å². The van der Waals surface area contributed by atoms with Gasteiger partial charge in [-0.1, -0.05) is 28.1 Å². The number of nitrogens with one attached hydrogen (secondary N) is 1. The van der Waals surface area contributed by atoms with E-state index in [2.05, 4.69) is 52.4 Å². The van der Waals surface area contributed by atoms with Gasteiger partial charge in [-0.2, -0.15) is 0 Å². The molecule has 0 bridgehead atoms. The molecule has 0 amide bonds. The summed E-state index contributed by atoms with van der Waals surface area (Å²) >= 11 is 3.43. The van der Waals surface area contributed by atoms with Crippen LogP contribution in [0.2, 0.25) is 0 Å². The first-order valence-electron chi connectivity index (χ1n) is 5.79. The van der Waals surface area contributed by atoms with Gasteiger partial charge in [0.15, 0.2) is 0 Å². The van der Waals surface area contributed by atoms with Crippen molar-refractivity contribution in [2.75, 3.05) is 12.8 Å². The van der Waals surface area contributed by atoms with E-state index in [-0.39, 0.29) is 5.25 Å². The molecule has 0 aliphatic heterocycles. The van der Waals surface area contributed by atoms with Crippen molar-refractivity contribution >= 4 is 26.7 Å². The number of hydrogen-bond acceptors (Lipinski definition) is 2. The number of benzene rings is 1. The Kier molecular flexibility index (Phi) is 6.38. The first-order valence-corrected chi connectivity index (χ1v) is 8.20. The van der Waals surface area contributed by atoms with Crippen LogP contribution in [0.5, 0.6) is 0 Å². The van der Waals surface area contributed by atoms with Gasteiger partial charge in [-0.15, -0.1) is 0 Å². The lowest BCUT2D eigenvalue weighted by molar-refractivity contribution is 0.543. The molecule has 0 heterocycles. The Bertz CT molecular complexity index is 366. The molecule has 1 N–H and O–H groups in total. The zero-order chi connectivity index (χ0) is 12.8. The summed E-state index contributed by atoms with van der Waals surface area (Å²) in [5.41, 5.74) is 1.32. The van der Waals surface area contributed by atoms with Crippen molar-refractivity contribution in [3.05, 3.63) is 34.3 Å². The lowest BCUT2D eigenvalue weighted by Crippen LogP contribution is -2.35. The van der Waals surface area contributed by atoms with E-state index >= 15 is 0 Å². The summed E-state index contributed by atoms with van der Waals surface area (Å²) < 4.78 is 12.3. The van der Waals surface area contributed by atoms with Gasteiger partial charge in [0, 0.05) is 39.4 Å². The number of halogens is 1. The van der Waals surface area contributed by atoms with Gasteiger partial charge in [0.25, 0.3) is 0 Å². The predicted octanol–water partition coefficient (Wildman–Crippen LogP) is 2.74. The van der Waals surface area contributed by atoms with Crippen molar-refractivity contribution in [1.29, 1.82) is 0 Å². The van der Waals surface area contributed by atoms with Crippen LogP contribution >= 0.6 is 15.9 Å². The number of rotatable bonds is 6. The standard InChI is InChI=1S/C13H20BrNOS/c1-10(15-9-11(2)17(3)16)8-12-4-6-13(14)7-5-12/h4-7,10-11,15H,8-9H2,1-3H3. The molecule has 1 aromatic carbocycles. The van der Waals surface area contributed by atoms with Gasteiger partial charge >= 0.3 is 0 Å². The van der Waals surface area contributed by atoms with Crippen molar-refractivity contribution in [2.45, 2.75) is 31.6 Å². The van der Waals surface area contributed by atoms with Crippen LogP contribution in [-0.4, -0.2) is 28.3 Å². The third-order valence-electron chi connectivity index (χ3n) is 2.78. The second kappa shape index (κ2) is 7.29. The molecule has 3 unspecified atom stereocenters. The zero-order valence-electron chi connectivity index (χ0n) is 10.6. The predicted molar refractivity (Wildman–Crippen MR) is 78.8 cm³/mol. The van der Waals surface area contributed by atoms with Crippen molar-refractivity contribution in [1.82, 2.24) is 5.32 Å². The molecule has 2 nitrogen and oxygen atoms in total. The largest absolute Gasteiger partial charge is 0.313 e. The van der Waals surface area contributed by atoms with E-state index in [1.165, 1.54) is 5.56 Å². The SMILES string of the molecule is CC(Cc1ccc(Br)cc1)NCC(C)S(C)=O. The van der Waals surface area contributed by atoms with Gasteiger partial charge in [0.05, 0.1) is 0 Å².